The van der Waals surface area contributed by atoms with Gasteiger partial charge < -0.3 is 4.90 Å². The smallest absolute Gasteiger partial charge is 0.0366 e. The van der Waals surface area contributed by atoms with Crippen molar-refractivity contribution in [2.45, 2.75) is 65.2 Å². The zero-order chi connectivity index (χ0) is 15.8. The lowest BCUT2D eigenvalue weighted by molar-refractivity contribution is 0.438. The van der Waals surface area contributed by atoms with Gasteiger partial charge in [0.2, 0.25) is 0 Å². The van der Waals surface area contributed by atoms with E-state index in [2.05, 4.69) is 49.6 Å². The first kappa shape index (κ1) is 17.1. The summed E-state index contributed by atoms with van der Waals surface area (Å²) in [6.07, 6.45) is 10.5. The average molecular weight is 300 g/mol. The minimum absolute atomic E-state index is 0.892. The third kappa shape index (κ3) is 5.19. The molecule has 2 rings (SSSR count). The van der Waals surface area contributed by atoms with Gasteiger partial charge in [-0.3, -0.25) is 0 Å². The summed E-state index contributed by atoms with van der Waals surface area (Å²) in [6.45, 7) is 11.3. The molecule has 22 heavy (non-hydrogen) atoms. The van der Waals surface area contributed by atoms with Gasteiger partial charge in [0.05, 0.1) is 0 Å². The first-order valence-corrected chi connectivity index (χ1v) is 9.24. The van der Waals surface area contributed by atoms with E-state index in [0.717, 1.165) is 12.3 Å². The van der Waals surface area contributed by atoms with E-state index in [1.807, 2.05) is 0 Å². The molecule has 1 aromatic carbocycles. The van der Waals surface area contributed by atoms with E-state index in [1.54, 1.807) is 0 Å². The van der Waals surface area contributed by atoms with Gasteiger partial charge in [0.25, 0.3) is 0 Å². The molecular weight excluding hydrogens is 266 g/mol. The minimum atomic E-state index is 0.892. The third-order valence-electron chi connectivity index (χ3n) is 5.01. The number of piperidine rings is 1. The van der Waals surface area contributed by atoms with E-state index >= 15 is 0 Å². The van der Waals surface area contributed by atoms with Gasteiger partial charge in [-0.15, -0.1) is 0 Å². The summed E-state index contributed by atoms with van der Waals surface area (Å²) in [7, 11) is 0. The van der Waals surface area contributed by atoms with Crippen molar-refractivity contribution in [3.8, 4) is 0 Å². The van der Waals surface area contributed by atoms with Crippen molar-refractivity contribution >= 4 is 11.3 Å². The molecule has 0 amide bonds. The van der Waals surface area contributed by atoms with Gasteiger partial charge in [-0.05, 0) is 54.9 Å². The van der Waals surface area contributed by atoms with E-state index < -0.39 is 0 Å². The molecule has 0 radical (unpaired) electrons. The van der Waals surface area contributed by atoms with Crippen LogP contribution in [-0.4, -0.2) is 13.1 Å². The van der Waals surface area contributed by atoms with Crippen molar-refractivity contribution in [3.05, 3.63) is 36.4 Å². The summed E-state index contributed by atoms with van der Waals surface area (Å²) < 4.78 is 0. The monoisotopic (exact) mass is 299 g/mol. The highest BCUT2D eigenvalue weighted by Gasteiger charge is 2.15. The van der Waals surface area contributed by atoms with E-state index in [9.17, 15) is 0 Å². The van der Waals surface area contributed by atoms with Gasteiger partial charge in [0.1, 0.15) is 0 Å². The Labute approximate surface area is 137 Å². The molecule has 0 atom stereocenters. The second-order valence-corrected chi connectivity index (χ2v) is 6.98. The highest BCUT2D eigenvalue weighted by Crippen LogP contribution is 2.26. The molecule has 1 nitrogen and oxygen atoms in total. The van der Waals surface area contributed by atoms with E-state index in [-0.39, 0.29) is 0 Å². The molecule has 1 heteroatoms. The average Bonchev–Trinajstić information content (AvgIpc) is 2.55. The predicted octanol–water partition coefficient (Wildman–Crippen LogP) is 6.30. The van der Waals surface area contributed by atoms with Gasteiger partial charge in [-0.25, -0.2) is 0 Å². The molecule has 1 saturated heterocycles. The lowest BCUT2D eigenvalue weighted by atomic mass is 9.97. The Kier molecular flexibility index (Phi) is 7.02. The molecule has 1 fully saturated rings. The van der Waals surface area contributed by atoms with Crippen molar-refractivity contribution in [2.75, 3.05) is 18.0 Å². The summed E-state index contributed by atoms with van der Waals surface area (Å²) in [4.78, 5) is 2.53. The Morgan fingerprint density at radius 3 is 2.32 bits per heavy atom. The second-order valence-electron chi connectivity index (χ2n) is 6.98. The van der Waals surface area contributed by atoms with Crippen LogP contribution in [0.2, 0.25) is 0 Å². The number of allylic oxidation sites excluding steroid dienone is 1. The van der Waals surface area contributed by atoms with E-state index in [1.165, 1.54) is 74.9 Å². The van der Waals surface area contributed by atoms with Crippen molar-refractivity contribution in [1.29, 1.82) is 0 Å². The van der Waals surface area contributed by atoms with E-state index in [0.29, 0.717) is 0 Å². The number of nitrogens with zero attached hydrogens (tertiary/aromatic N) is 1. The second kappa shape index (κ2) is 9.02. The number of hydrogen-bond donors (Lipinski definition) is 0. The quantitative estimate of drug-likeness (QED) is 0.509. The van der Waals surface area contributed by atoms with Crippen LogP contribution in [0.25, 0.3) is 5.57 Å². The molecule has 1 aliphatic heterocycles. The molecule has 1 aromatic rings. The van der Waals surface area contributed by atoms with Gasteiger partial charge in [-0.1, -0.05) is 58.2 Å². The van der Waals surface area contributed by atoms with Gasteiger partial charge in [0.15, 0.2) is 0 Å². The molecule has 0 spiro atoms. The molecule has 1 heterocycles. The lowest BCUT2D eigenvalue weighted by Crippen LogP contribution is -2.32. The normalized spacial score (nSPS) is 16.0. The van der Waals surface area contributed by atoms with Gasteiger partial charge >= 0.3 is 0 Å². The van der Waals surface area contributed by atoms with Crippen LogP contribution in [0.15, 0.2) is 30.8 Å². The van der Waals surface area contributed by atoms with Crippen LogP contribution in [0.4, 0.5) is 5.69 Å². The van der Waals surface area contributed by atoms with Crippen molar-refractivity contribution < 1.29 is 0 Å². The molecule has 1 aliphatic rings. The lowest BCUT2D eigenvalue weighted by Gasteiger charge is -2.32. The molecular formula is C21H33N. The number of benzene rings is 1. The zero-order valence-corrected chi connectivity index (χ0v) is 14.6. The Bertz CT molecular complexity index is 437. The third-order valence-corrected chi connectivity index (χ3v) is 5.01. The summed E-state index contributed by atoms with van der Waals surface area (Å²) in [5.74, 6) is 0.892. The first-order chi connectivity index (χ1) is 10.7. The maximum atomic E-state index is 4.28. The van der Waals surface area contributed by atoms with Gasteiger partial charge in [-0.2, -0.15) is 0 Å². The molecule has 0 N–H and O–H groups in total. The van der Waals surface area contributed by atoms with Gasteiger partial charge in [0, 0.05) is 18.8 Å². The molecule has 0 bridgehead atoms. The number of unbranched alkanes of at least 4 members (excludes halogenated alkanes) is 4. The Morgan fingerprint density at radius 1 is 1.05 bits per heavy atom. The van der Waals surface area contributed by atoms with Crippen LogP contribution >= 0.6 is 0 Å². The summed E-state index contributed by atoms with van der Waals surface area (Å²) in [5, 5.41) is 0. The number of anilines is 1. The van der Waals surface area contributed by atoms with Crippen molar-refractivity contribution in [2.24, 2.45) is 5.92 Å². The molecule has 0 unspecified atom stereocenters. The zero-order valence-electron chi connectivity index (χ0n) is 14.6. The van der Waals surface area contributed by atoms with Crippen LogP contribution in [-0.2, 0) is 0 Å². The molecule has 0 saturated carbocycles. The van der Waals surface area contributed by atoms with E-state index in [4.69, 9.17) is 0 Å². The fourth-order valence-corrected chi connectivity index (χ4v) is 3.26. The van der Waals surface area contributed by atoms with Crippen LogP contribution in [0.3, 0.4) is 0 Å². The van der Waals surface area contributed by atoms with Crippen LogP contribution in [0.5, 0.6) is 0 Å². The van der Waals surface area contributed by atoms with Crippen LogP contribution < -0.4 is 4.90 Å². The molecule has 122 valence electrons. The Morgan fingerprint density at radius 2 is 1.68 bits per heavy atom. The fraction of sp³-hybridized carbons (Fsp3) is 0.619. The highest BCUT2D eigenvalue weighted by atomic mass is 15.1. The summed E-state index contributed by atoms with van der Waals surface area (Å²) >= 11 is 0. The maximum absolute atomic E-state index is 4.28. The van der Waals surface area contributed by atoms with Crippen LogP contribution in [0, 0.1) is 5.92 Å². The van der Waals surface area contributed by atoms with Crippen molar-refractivity contribution in [1.82, 2.24) is 0 Å². The predicted molar refractivity (Wildman–Crippen MR) is 99.5 cm³/mol. The topological polar surface area (TPSA) is 3.24 Å². The fourth-order valence-electron chi connectivity index (χ4n) is 3.26. The Hall–Kier alpha value is -1.24. The standard InChI is InChI=1S/C21H33N/c1-4-5-6-7-8-9-19(3)20-10-12-21(13-11-20)22-16-14-18(2)15-17-22/h10-13,18H,3-9,14-17H2,1-2H3. The molecule has 0 aliphatic carbocycles. The summed E-state index contributed by atoms with van der Waals surface area (Å²) in [5.41, 5.74) is 4.01. The minimum Gasteiger partial charge on any atom is -0.372 e. The van der Waals surface area contributed by atoms with Crippen molar-refractivity contribution in [3.63, 3.8) is 0 Å². The largest absolute Gasteiger partial charge is 0.372 e. The SMILES string of the molecule is C=C(CCCCCCC)c1ccc(N2CCC(C)CC2)cc1. The molecule has 0 aromatic heterocycles. The first-order valence-electron chi connectivity index (χ1n) is 9.24. The van der Waals surface area contributed by atoms with Crippen LogP contribution in [0.1, 0.15) is 70.8 Å². The summed E-state index contributed by atoms with van der Waals surface area (Å²) in [6, 6.07) is 9.10. The highest BCUT2D eigenvalue weighted by molar-refractivity contribution is 5.65. The number of rotatable bonds is 8. The Balaban J connectivity index is 1.79. The maximum Gasteiger partial charge on any atom is 0.0366 e. The number of hydrogen-bond acceptors (Lipinski definition) is 1.